The highest BCUT2D eigenvalue weighted by Crippen LogP contribution is 2.36. The molecule has 124 valence electrons. The van der Waals surface area contributed by atoms with Crippen molar-refractivity contribution in [1.29, 1.82) is 0 Å². The normalized spacial score (nSPS) is 23.5. The number of anilines is 1. The van der Waals surface area contributed by atoms with Crippen molar-refractivity contribution in [2.45, 2.75) is 31.9 Å². The van der Waals surface area contributed by atoms with Crippen molar-refractivity contribution in [3.8, 4) is 0 Å². The van der Waals surface area contributed by atoms with E-state index in [1.807, 2.05) is 24.3 Å². The van der Waals surface area contributed by atoms with Gasteiger partial charge in [-0.05, 0) is 49.6 Å². The molecule has 4 rings (SSSR count). The molecule has 0 fully saturated rings. The van der Waals surface area contributed by atoms with Crippen LogP contribution in [-0.2, 0) is 5.72 Å². The minimum Gasteiger partial charge on any atom is -0.346 e. The number of hydrogen-bond acceptors (Lipinski definition) is 2. The van der Waals surface area contributed by atoms with Gasteiger partial charge in [-0.1, -0.05) is 35.9 Å². The summed E-state index contributed by atoms with van der Waals surface area (Å²) < 4.78 is 2.18. The third-order valence-corrected chi connectivity index (χ3v) is 5.35. The molecule has 0 radical (unpaired) electrons. The molecule has 0 unspecified atom stereocenters. The van der Waals surface area contributed by atoms with Gasteiger partial charge in [0.15, 0.2) is 6.54 Å². The van der Waals surface area contributed by atoms with Crippen LogP contribution in [0.2, 0.25) is 5.02 Å². The number of aryl methyl sites for hydroxylation is 1. The lowest BCUT2D eigenvalue weighted by Gasteiger charge is -2.24. The zero-order chi connectivity index (χ0) is 16.7. The summed E-state index contributed by atoms with van der Waals surface area (Å²) in [5.74, 6) is 1.23. The third kappa shape index (κ3) is 2.52. The Kier molecular flexibility index (Phi) is 3.86. The van der Waals surface area contributed by atoms with Gasteiger partial charge in [0.05, 0.1) is 6.54 Å². The summed E-state index contributed by atoms with van der Waals surface area (Å²) in [5, 5.41) is 12.3. The van der Waals surface area contributed by atoms with Gasteiger partial charge in [0.2, 0.25) is 0 Å². The highest BCUT2D eigenvalue weighted by Gasteiger charge is 2.52. The molecule has 24 heavy (non-hydrogen) atoms. The molecule has 2 aromatic carbocycles. The predicted octanol–water partition coefficient (Wildman–Crippen LogP) is 3.91. The van der Waals surface area contributed by atoms with Crippen LogP contribution in [0.4, 0.5) is 5.69 Å². The first-order chi connectivity index (χ1) is 11.6. The highest BCUT2D eigenvalue weighted by molar-refractivity contribution is 6.30. The lowest BCUT2D eigenvalue weighted by atomic mass is 10.0. The van der Waals surface area contributed by atoms with Crippen LogP contribution in [0.1, 0.15) is 30.4 Å². The number of benzene rings is 2. The van der Waals surface area contributed by atoms with E-state index in [4.69, 9.17) is 11.6 Å². The fourth-order valence-corrected chi connectivity index (χ4v) is 4.02. The van der Waals surface area contributed by atoms with Crippen LogP contribution >= 0.6 is 11.6 Å². The summed E-state index contributed by atoms with van der Waals surface area (Å²) in [5.41, 5.74) is 2.30. The molecule has 3 nitrogen and oxygen atoms in total. The van der Waals surface area contributed by atoms with Gasteiger partial charge in [-0.3, -0.25) is 0 Å². The Hall–Kier alpha value is -1.84. The molecule has 0 saturated heterocycles. The second kappa shape index (κ2) is 5.91. The Morgan fingerprint density at radius 3 is 2.67 bits per heavy atom. The van der Waals surface area contributed by atoms with Crippen LogP contribution in [0.25, 0.3) is 0 Å². The van der Waals surface area contributed by atoms with E-state index < -0.39 is 5.72 Å². The van der Waals surface area contributed by atoms with E-state index in [0.717, 1.165) is 30.6 Å². The fraction of sp³-hybridized carbons (Fsp3) is 0.350. The number of aliphatic hydroxyl groups is 1. The highest BCUT2D eigenvalue weighted by atomic mass is 35.5. The molecule has 0 amide bonds. The van der Waals surface area contributed by atoms with Crippen LogP contribution in [0.5, 0.6) is 0 Å². The molecule has 2 aliphatic rings. The quantitative estimate of drug-likeness (QED) is 0.838. The zero-order valence-corrected chi connectivity index (χ0v) is 14.6. The first kappa shape index (κ1) is 15.7. The molecule has 0 aliphatic carbocycles. The second-order valence-corrected chi connectivity index (χ2v) is 7.21. The number of rotatable bonds is 2. The third-order valence-electron chi connectivity index (χ3n) is 5.10. The number of nitrogens with zero attached hydrogens (tertiary/aromatic N) is 2. The monoisotopic (exact) mass is 341 g/mol. The van der Waals surface area contributed by atoms with Gasteiger partial charge >= 0.3 is 0 Å². The molecule has 2 aliphatic heterocycles. The summed E-state index contributed by atoms with van der Waals surface area (Å²) in [6.45, 7) is 3.54. The van der Waals surface area contributed by atoms with Crippen molar-refractivity contribution in [2.24, 2.45) is 0 Å². The first-order valence-corrected chi connectivity index (χ1v) is 8.92. The van der Waals surface area contributed by atoms with Crippen molar-refractivity contribution in [1.82, 2.24) is 0 Å². The lowest BCUT2D eigenvalue weighted by Crippen LogP contribution is -2.41. The SMILES string of the molecule is Cc1cccc(N2C[C@@](O)(c3ccc(Cl)cc3)[N+]3=C2CCCC3)c1. The largest absolute Gasteiger partial charge is 0.346 e. The van der Waals surface area contributed by atoms with Gasteiger partial charge in [-0.2, -0.15) is 0 Å². The predicted molar refractivity (Wildman–Crippen MR) is 97.9 cm³/mol. The Morgan fingerprint density at radius 2 is 1.92 bits per heavy atom. The van der Waals surface area contributed by atoms with E-state index in [9.17, 15) is 5.11 Å². The van der Waals surface area contributed by atoms with Crippen LogP contribution in [0.3, 0.4) is 0 Å². The van der Waals surface area contributed by atoms with Gasteiger partial charge in [-0.15, -0.1) is 0 Å². The van der Waals surface area contributed by atoms with Crippen molar-refractivity contribution >= 4 is 23.1 Å². The Balaban J connectivity index is 1.80. The molecule has 2 aromatic rings. The van der Waals surface area contributed by atoms with E-state index in [0.29, 0.717) is 11.6 Å². The second-order valence-electron chi connectivity index (χ2n) is 6.77. The summed E-state index contributed by atoms with van der Waals surface area (Å²) in [6.07, 6.45) is 3.29. The Labute approximate surface area is 147 Å². The molecule has 2 heterocycles. The molecule has 0 saturated carbocycles. The van der Waals surface area contributed by atoms with E-state index in [-0.39, 0.29) is 0 Å². The van der Waals surface area contributed by atoms with Gasteiger partial charge in [-0.25, -0.2) is 9.48 Å². The maximum atomic E-state index is 11.6. The molecular weight excluding hydrogens is 320 g/mol. The van der Waals surface area contributed by atoms with E-state index in [2.05, 4.69) is 40.7 Å². The number of amidine groups is 1. The maximum Gasteiger partial charge on any atom is 0.271 e. The Morgan fingerprint density at radius 1 is 1.12 bits per heavy atom. The van der Waals surface area contributed by atoms with Gasteiger partial charge in [0.1, 0.15) is 5.69 Å². The van der Waals surface area contributed by atoms with Crippen molar-refractivity contribution < 1.29 is 9.68 Å². The molecule has 0 aromatic heterocycles. The van der Waals surface area contributed by atoms with Gasteiger partial charge in [0.25, 0.3) is 11.6 Å². The van der Waals surface area contributed by atoms with E-state index in [1.54, 1.807) is 0 Å². The lowest BCUT2D eigenvalue weighted by molar-refractivity contribution is -0.661. The smallest absolute Gasteiger partial charge is 0.271 e. The van der Waals surface area contributed by atoms with Crippen LogP contribution in [0.15, 0.2) is 48.5 Å². The van der Waals surface area contributed by atoms with Crippen molar-refractivity contribution in [2.75, 3.05) is 18.0 Å². The summed E-state index contributed by atoms with van der Waals surface area (Å²) in [4.78, 5) is 2.28. The molecule has 0 spiro atoms. The molecule has 0 bridgehead atoms. The van der Waals surface area contributed by atoms with E-state index in [1.165, 1.54) is 17.8 Å². The fourth-order valence-electron chi connectivity index (χ4n) is 3.89. The van der Waals surface area contributed by atoms with Gasteiger partial charge in [0, 0.05) is 17.0 Å². The zero-order valence-electron chi connectivity index (χ0n) is 13.9. The van der Waals surface area contributed by atoms with Crippen LogP contribution in [-0.4, -0.2) is 28.6 Å². The molecule has 1 atom stereocenters. The molecule has 4 heteroatoms. The average Bonchev–Trinajstić information content (AvgIpc) is 2.90. The number of β-amino-alcohol motifs (C(OH)–C–C–N with tert-alkyl or cyclic N) is 1. The summed E-state index contributed by atoms with van der Waals surface area (Å²) >= 11 is 6.03. The minimum atomic E-state index is -0.996. The molecule has 1 N–H and O–H groups in total. The Bertz CT molecular complexity index is 800. The number of halogens is 1. The summed E-state index contributed by atoms with van der Waals surface area (Å²) in [6, 6.07) is 16.1. The minimum absolute atomic E-state index is 0.549. The average molecular weight is 342 g/mol. The van der Waals surface area contributed by atoms with Gasteiger partial charge < -0.3 is 5.11 Å². The van der Waals surface area contributed by atoms with E-state index >= 15 is 0 Å². The number of hydrogen-bond donors (Lipinski definition) is 1. The van der Waals surface area contributed by atoms with Crippen molar-refractivity contribution in [3.63, 3.8) is 0 Å². The first-order valence-electron chi connectivity index (χ1n) is 8.54. The standard InChI is InChI=1S/C20H22ClN2O/c1-15-5-4-6-18(13-15)22-14-20(24,16-8-10-17(21)11-9-16)23-12-3-2-7-19(22)23/h4-6,8-11,13,24H,2-3,7,12,14H2,1H3/q+1/t20-/m1/s1. The van der Waals surface area contributed by atoms with Crippen LogP contribution in [0, 0.1) is 6.92 Å². The summed E-state index contributed by atoms with van der Waals surface area (Å²) in [7, 11) is 0. The topological polar surface area (TPSA) is 26.5 Å². The maximum absolute atomic E-state index is 11.6. The van der Waals surface area contributed by atoms with Crippen LogP contribution < -0.4 is 4.90 Å². The molecular formula is C20H22ClN2O+. The van der Waals surface area contributed by atoms with Crippen molar-refractivity contribution in [3.05, 3.63) is 64.7 Å².